The molecule has 0 aliphatic heterocycles. The predicted molar refractivity (Wildman–Crippen MR) is 182 cm³/mol. The van der Waals surface area contributed by atoms with E-state index in [9.17, 15) is 0 Å². The first-order chi connectivity index (χ1) is 22.3. The molecule has 0 N–H and O–H groups in total. The van der Waals surface area contributed by atoms with Crippen LogP contribution in [0.3, 0.4) is 0 Å². The van der Waals surface area contributed by atoms with Crippen molar-refractivity contribution in [1.29, 1.82) is 0 Å². The highest BCUT2D eigenvalue weighted by atomic mass is 32.1. The number of fused-ring (bicyclic) bond motifs is 9. The van der Waals surface area contributed by atoms with Gasteiger partial charge in [0.1, 0.15) is 11.3 Å². The van der Waals surface area contributed by atoms with Crippen molar-refractivity contribution in [2.75, 3.05) is 0 Å². The van der Waals surface area contributed by atoms with Gasteiger partial charge in [0, 0.05) is 59.7 Å². The van der Waals surface area contributed by atoms with E-state index in [0.717, 1.165) is 54.8 Å². The molecule has 0 amide bonds. The Morgan fingerprint density at radius 3 is 1.62 bits per heavy atom. The fraction of sp³-hybridized carbons (Fsp3) is 0. The van der Waals surface area contributed by atoms with Crippen LogP contribution >= 0.6 is 11.3 Å². The average Bonchev–Trinajstić information content (AvgIpc) is 3.76. The summed E-state index contributed by atoms with van der Waals surface area (Å²) in [4.78, 5) is 25.3. The van der Waals surface area contributed by atoms with Gasteiger partial charge in [0.2, 0.25) is 11.9 Å². The van der Waals surface area contributed by atoms with Crippen LogP contribution in [0.4, 0.5) is 0 Å². The Kier molecular flexibility index (Phi) is 5.03. The van der Waals surface area contributed by atoms with E-state index >= 15 is 0 Å². The zero-order chi connectivity index (χ0) is 29.5. The Balaban J connectivity index is 1.36. The number of rotatable bonds is 3. The molecule has 6 aromatic heterocycles. The van der Waals surface area contributed by atoms with Gasteiger partial charge in [-0.15, -0.1) is 11.3 Å². The number of aromatic nitrogens is 7. The molecule has 6 heterocycles. The summed E-state index contributed by atoms with van der Waals surface area (Å²) < 4.78 is 6.51. The van der Waals surface area contributed by atoms with Crippen LogP contribution in [-0.2, 0) is 0 Å². The lowest BCUT2D eigenvalue weighted by Gasteiger charge is -2.12. The number of thiophene rings is 1. The molecule has 10 rings (SSSR count). The quantitative estimate of drug-likeness (QED) is 0.204. The first-order valence-electron chi connectivity index (χ1n) is 14.7. The van der Waals surface area contributed by atoms with Crippen LogP contribution in [0.2, 0.25) is 0 Å². The number of pyridine rings is 2. The molecule has 0 spiro atoms. The minimum absolute atomic E-state index is 0.498. The van der Waals surface area contributed by atoms with Crippen molar-refractivity contribution in [1.82, 2.24) is 34.1 Å². The molecule has 0 atom stereocenters. The van der Waals surface area contributed by atoms with E-state index in [1.807, 2.05) is 45.8 Å². The largest absolute Gasteiger partial charge is 0.262 e. The summed E-state index contributed by atoms with van der Waals surface area (Å²) in [5.74, 6) is 1.59. The van der Waals surface area contributed by atoms with Gasteiger partial charge in [-0.1, -0.05) is 66.7 Å². The SMILES string of the molecule is c1ccc2c(c1)sc1cccc(-c3nc(-n4c5ccccc5c5cccnc54)nc(-n4c5ccccc5c5cccnc54)n3)c12. The molecular formula is C37H21N7S. The Morgan fingerprint density at radius 2 is 0.978 bits per heavy atom. The number of hydrogen-bond acceptors (Lipinski definition) is 6. The topological polar surface area (TPSA) is 74.3 Å². The zero-order valence-corrected chi connectivity index (χ0v) is 24.5. The van der Waals surface area contributed by atoms with Crippen molar-refractivity contribution >= 4 is 75.4 Å². The van der Waals surface area contributed by atoms with Crippen molar-refractivity contribution in [3.8, 4) is 23.3 Å². The van der Waals surface area contributed by atoms with Crippen LogP contribution in [0.1, 0.15) is 0 Å². The van der Waals surface area contributed by atoms with Crippen LogP contribution in [0.15, 0.2) is 128 Å². The second-order valence-electron chi connectivity index (χ2n) is 11.0. The second-order valence-corrected chi connectivity index (χ2v) is 12.1. The van der Waals surface area contributed by atoms with E-state index in [1.54, 1.807) is 11.3 Å². The Bertz CT molecular complexity index is 2550. The van der Waals surface area contributed by atoms with Crippen LogP contribution in [0.25, 0.3) is 87.3 Å². The number of hydrogen-bond donors (Lipinski definition) is 0. The van der Waals surface area contributed by atoms with Gasteiger partial charge in [0.15, 0.2) is 5.82 Å². The van der Waals surface area contributed by atoms with Gasteiger partial charge in [-0.25, -0.2) is 9.97 Å². The third-order valence-electron chi connectivity index (χ3n) is 8.52. The second kappa shape index (κ2) is 9.25. The molecule has 0 saturated carbocycles. The molecule has 0 aliphatic rings. The van der Waals surface area contributed by atoms with E-state index < -0.39 is 0 Å². The van der Waals surface area contributed by atoms with Gasteiger partial charge >= 0.3 is 0 Å². The van der Waals surface area contributed by atoms with Gasteiger partial charge in [-0.2, -0.15) is 15.0 Å². The average molecular weight is 596 g/mol. The molecule has 0 bridgehead atoms. The minimum Gasteiger partial charge on any atom is -0.262 e. The van der Waals surface area contributed by atoms with Gasteiger partial charge in [0.25, 0.3) is 0 Å². The summed E-state index contributed by atoms with van der Waals surface area (Å²) >= 11 is 1.78. The number of para-hydroxylation sites is 2. The molecule has 7 nitrogen and oxygen atoms in total. The first kappa shape index (κ1) is 24.5. The van der Waals surface area contributed by atoms with Gasteiger partial charge in [0.05, 0.1) is 11.0 Å². The summed E-state index contributed by atoms with van der Waals surface area (Å²) in [5.41, 5.74) is 4.50. The Labute approximate surface area is 259 Å². The standard InChI is InChI=1S/C37H21N7S/c1-4-16-28-22(10-1)24-14-8-20-38-34(24)43(28)36-40-33(27-13-7-19-31-32(27)26-12-3-6-18-30(26)45-31)41-37(42-36)44-29-17-5-2-11-23(29)25-15-9-21-39-35(25)44/h1-21H. The van der Waals surface area contributed by atoms with Crippen LogP contribution < -0.4 is 0 Å². The molecule has 210 valence electrons. The highest BCUT2D eigenvalue weighted by Gasteiger charge is 2.22. The fourth-order valence-corrected chi connectivity index (χ4v) is 7.76. The molecule has 0 radical (unpaired) electrons. The van der Waals surface area contributed by atoms with Crippen LogP contribution in [-0.4, -0.2) is 34.1 Å². The molecule has 45 heavy (non-hydrogen) atoms. The summed E-state index contributed by atoms with van der Waals surface area (Å²) in [7, 11) is 0. The molecule has 0 fully saturated rings. The van der Waals surface area contributed by atoms with E-state index in [0.29, 0.717) is 17.7 Å². The van der Waals surface area contributed by atoms with Crippen LogP contribution in [0, 0.1) is 0 Å². The highest BCUT2D eigenvalue weighted by Crippen LogP contribution is 2.40. The maximum atomic E-state index is 5.22. The lowest BCUT2D eigenvalue weighted by molar-refractivity contribution is 0.884. The lowest BCUT2D eigenvalue weighted by atomic mass is 10.1. The number of nitrogens with zero attached hydrogens (tertiary/aromatic N) is 7. The molecule has 4 aromatic carbocycles. The van der Waals surface area contributed by atoms with Crippen molar-refractivity contribution < 1.29 is 0 Å². The summed E-state index contributed by atoms with van der Waals surface area (Å²) in [6, 6.07) is 39.6. The highest BCUT2D eigenvalue weighted by molar-refractivity contribution is 7.25. The number of benzene rings is 4. The van der Waals surface area contributed by atoms with Gasteiger partial charge < -0.3 is 0 Å². The Hall–Kier alpha value is -5.99. The van der Waals surface area contributed by atoms with Gasteiger partial charge in [-0.05, 0) is 48.5 Å². The third-order valence-corrected chi connectivity index (χ3v) is 9.66. The lowest BCUT2D eigenvalue weighted by Crippen LogP contribution is -2.11. The minimum atomic E-state index is 0.498. The van der Waals surface area contributed by atoms with Crippen LogP contribution in [0.5, 0.6) is 0 Å². The smallest absolute Gasteiger partial charge is 0.241 e. The monoisotopic (exact) mass is 595 g/mol. The van der Waals surface area contributed by atoms with Gasteiger partial charge in [-0.3, -0.25) is 9.13 Å². The van der Waals surface area contributed by atoms with E-state index in [1.165, 1.54) is 14.8 Å². The maximum Gasteiger partial charge on any atom is 0.241 e. The normalized spacial score (nSPS) is 12.0. The van der Waals surface area contributed by atoms with Crippen molar-refractivity contribution in [2.45, 2.75) is 0 Å². The zero-order valence-electron chi connectivity index (χ0n) is 23.7. The summed E-state index contributed by atoms with van der Waals surface area (Å²) in [6.07, 6.45) is 3.63. The van der Waals surface area contributed by atoms with E-state index in [4.69, 9.17) is 24.9 Å². The van der Waals surface area contributed by atoms with E-state index in [-0.39, 0.29) is 0 Å². The molecule has 10 aromatic rings. The van der Waals surface area contributed by atoms with Crippen molar-refractivity contribution in [3.63, 3.8) is 0 Å². The summed E-state index contributed by atoms with van der Waals surface area (Å²) in [6.45, 7) is 0. The van der Waals surface area contributed by atoms with Crippen molar-refractivity contribution in [3.05, 3.63) is 128 Å². The predicted octanol–water partition coefficient (Wildman–Crippen LogP) is 8.89. The molecule has 8 heteroatoms. The molecular weight excluding hydrogens is 575 g/mol. The summed E-state index contributed by atoms with van der Waals surface area (Å²) in [5, 5.41) is 6.60. The fourth-order valence-electron chi connectivity index (χ4n) is 6.63. The molecule has 0 unspecified atom stereocenters. The van der Waals surface area contributed by atoms with Crippen molar-refractivity contribution in [2.24, 2.45) is 0 Å². The maximum absolute atomic E-state index is 5.22. The third kappa shape index (κ3) is 3.48. The molecule has 0 aliphatic carbocycles. The Morgan fingerprint density at radius 1 is 0.444 bits per heavy atom. The first-order valence-corrected chi connectivity index (χ1v) is 15.5. The molecule has 0 saturated heterocycles. The van der Waals surface area contributed by atoms with E-state index in [2.05, 4.69) is 91.0 Å².